The Kier molecular flexibility index (Phi) is 4.05. The Bertz CT molecular complexity index is 394. The van der Waals surface area contributed by atoms with Crippen LogP contribution in [0, 0.1) is 17.7 Å². The molecule has 0 saturated heterocycles. The quantitative estimate of drug-likeness (QED) is 0.872. The molecular formula is C14H18ClFO. The summed E-state index contributed by atoms with van der Waals surface area (Å²) in [5.74, 6) is 0.623. The van der Waals surface area contributed by atoms with Gasteiger partial charge < -0.3 is 5.11 Å². The molecular weight excluding hydrogens is 239 g/mol. The average Bonchev–Trinajstić information content (AvgIpc) is 2.72. The minimum absolute atomic E-state index is 0.151. The summed E-state index contributed by atoms with van der Waals surface area (Å²) < 4.78 is 13.3. The van der Waals surface area contributed by atoms with Crippen LogP contribution in [0.4, 0.5) is 4.39 Å². The highest BCUT2D eigenvalue weighted by atomic mass is 35.5. The van der Waals surface area contributed by atoms with E-state index in [9.17, 15) is 9.50 Å². The molecule has 1 fully saturated rings. The standard InChI is InChI=1S/C14H18ClFO/c1-9-5-6-10(7-9)13(17)8-11-3-2-4-12(16)14(11)15/h2-4,9-10,13,17H,5-8H2,1H3. The molecule has 0 bridgehead atoms. The van der Waals surface area contributed by atoms with Gasteiger partial charge in [0.05, 0.1) is 11.1 Å². The first-order valence-corrected chi connectivity index (χ1v) is 6.56. The van der Waals surface area contributed by atoms with Gasteiger partial charge in [0.25, 0.3) is 0 Å². The van der Waals surface area contributed by atoms with Gasteiger partial charge in [0.1, 0.15) is 5.82 Å². The molecule has 0 amide bonds. The number of aliphatic hydroxyl groups is 1. The number of hydrogen-bond donors (Lipinski definition) is 1. The third-order valence-corrected chi connectivity index (χ3v) is 4.16. The van der Waals surface area contributed by atoms with Crippen LogP contribution in [-0.2, 0) is 6.42 Å². The molecule has 1 aliphatic carbocycles. The van der Waals surface area contributed by atoms with Gasteiger partial charge in [-0.05, 0) is 36.3 Å². The molecule has 3 atom stereocenters. The SMILES string of the molecule is CC1CCC(C(O)Cc2cccc(F)c2Cl)C1. The van der Waals surface area contributed by atoms with Crippen LogP contribution in [0.25, 0.3) is 0 Å². The predicted octanol–water partition coefficient (Wildman–Crippen LogP) is 3.82. The maximum Gasteiger partial charge on any atom is 0.142 e. The summed E-state index contributed by atoms with van der Waals surface area (Å²) in [7, 11) is 0. The zero-order valence-corrected chi connectivity index (χ0v) is 10.8. The lowest BCUT2D eigenvalue weighted by atomic mass is 9.94. The van der Waals surface area contributed by atoms with E-state index in [1.54, 1.807) is 12.1 Å². The molecule has 0 aromatic heterocycles. The molecule has 3 unspecified atom stereocenters. The van der Waals surface area contributed by atoms with Crippen LogP contribution in [0.3, 0.4) is 0 Å². The van der Waals surface area contributed by atoms with E-state index >= 15 is 0 Å². The lowest BCUT2D eigenvalue weighted by Crippen LogP contribution is -2.21. The van der Waals surface area contributed by atoms with Crippen molar-refractivity contribution in [3.8, 4) is 0 Å². The van der Waals surface area contributed by atoms with E-state index in [-0.39, 0.29) is 5.02 Å². The first-order valence-electron chi connectivity index (χ1n) is 6.19. The minimum atomic E-state index is -0.406. The van der Waals surface area contributed by atoms with Crippen molar-refractivity contribution in [1.82, 2.24) is 0 Å². The average molecular weight is 257 g/mol. The fraction of sp³-hybridized carbons (Fsp3) is 0.571. The molecule has 1 saturated carbocycles. The summed E-state index contributed by atoms with van der Waals surface area (Å²) in [4.78, 5) is 0. The first-order chi connectivity index (χ1) is 8.08. The van der Waals surface area contributed by atoms with Crippen LogP contribution in [0.15, 0.2) is 18.2 Å². The summed E-state index contributed by atoms with van der Waals surface area (Å²) in [5, 5.41) is 10.3. The van der Waals surface area contributed by atoms with Crippen LogP contribution >= 0.6 is 11.6 Å². The number of hydrogen-bond acceptors (Lipinski definition) is 1. The van der Waals surface area contributed by atoms with Crippen molar-refractivity contribution in [2.75, 3.05) is 0 Å². The predicted molar refractivity (Wildman–Crippen MR) is 67.6 cm³/mol. The minimum Gasteiger partial charge on any atom is -0.392 e. The molecule has 17 heavy (non-hydrogen) atoms. The van der Waals surface area contributed by atoms with Crippen molar-refractivity contribution in [2.45, 2.75) is 38.7 Å². The Morgan fingerprint density at radius 3 is 2.88 bits per heavy atom. The maximum absolute atomic E-state index is 13.3. The Hall–Kier alpha value is -0.600. The molecule has 1 N–H and O–H groups in total. The Morgan fingerprint density at radius 1 is 1.47 bits per heavy atom. The lowest BCUT2D eigenvalue weighted by Gasteiger charge is -2.18. The van der Waals surface area contributed by atoms with Crippen molar-refractivity contribution in [3.05, 3.63) is 34.6 Å². The van der Waals surface area contributed by atoms with Gasteiger partial charge in [-0.25, -0.2) is 4.39 Å². The van der Waals surface area contributed by atoms with E-state index < -0.39 is 11.9 Å². The molecule has 1 aromatic rings. The Morgan fingerprint density at radius 2 is 2.24 bits per heavy atom. The zero-order valence-electron chi connectivity index (χ0n) is 10.00. The summed E-state index contributed by atoms with van der Waals surface area (Å²) in [6.07, 6.45) is 3.36. The fourth-order valence-electron chi connectivity index (χ4n) is 2.70. The highest BCUT2D eigenvalue weighted by Gasteiger charge is 2.28. The van der Waals surface area contributed by atoms with Crippen LogP contribution in [0.1, 0.15) is 31.7 Å². The van der Waals surface area contributed by atoms with Gasteiger partial charge in [0.15, 0.2) is 0 Å². The molecule has 0 spiro atoms. The van der Waals surface area contributed by atoms with E-state index in [1.165, 1.54) is 12.5 Å². The van der Waals surface area contributed by atoms with Crippen molar-refractivity contribution < 1.29 is 9.50 Å². The van der Waals surface area contributed by atoms with E-state index in [2.05, 4.69) is 6.92 Å². The van der Waals surface area contributed by atoms with Crippen molar-refractivity contribution in [3.63, 3.8) is 0 Å². The summed E-state index contributed by atoms with van der Waals surface area (Å²) in [6.45, 7) is 2.21. The Balaban J connectivity index is 2.03. The molecule has 94 valence electrons. The zero-order chi connectivity index (χ0) is 12.4. The lowest BCUT2D eigenvalue weighted by molar-refractivity contribution is 0.109. The fourth-order valence-corrected chi connectivity index (χ4v) is 2.90. The van der Waals surface area contributed by atoms with Crippen molar-refractivity contribution in [2.24, 2.45) is 11.8 Å². The third-order valence-electron chi connectivity index (χ3n) is 3.74. The van der Waals surface area contributed by atoms with Crippen LogP contribution < -0.4 is 0 Å². The van der Waals surface area contributed by atoms with Gasteiger partial charge in [-0.15, -0.1) is 0 Å². The second-order valence-electron chi connectivity index (χ2n) is 5.16. The maximum atomic E-state index is 13.3. The third kappa shape index (κ3) is 2.99. The normalized spacial score (nSPS) is 26.1. The van der Waals surface area contributed by atoms with Crippen LogP contribution in [-0.4, -0.2) is 11.2 Å². The molecule has 0 heterocycles. The highest BCUT2D eigenvalue weighted by molar-refractivity contribution is 6.31. The smallest absolute Gasteiger partial charge is 0.142 e. The topological polar surface area (TPSA) is 20.2 Å². The number of aliphatic hydroxyl groups excluding tert-OH is 1. The van der Waals surface area contributed by atoms with Gasteiger partial charge in [0.2, 0.25) is 0 Å². The molecule has 2 rings (SSSR count). The van der Waals surface area contributed by atoms with Gasteiger partial charge in [-0.3, -0.25) is 0 Å². The molecule has 1 nitrogen and oxygen atoms in total. The van der Waals surface area contributed by atoms with E-state index in [0.29, 0.717) is 23.8 Å². The highest BCUT2D eigenvalue weighted by Crippen LogP contribution is 2.34. The first kappa shape index (κ1) is 12.8. The largest absolute Gasteiger partial charge is 0.392 e. The second-order valence-corrected chi connectivity index (χ2v) is 5.54. The van der Waals surface area contributed by atoms with Crippen LogP contribution in [0.5, 0.6) is 0 Å². The summed E-state index contributed by atoms with van der Waals surface area (Å²) >= 11 is 5.89. The molecule has 0 radical (unpaired) electrons. The van der Waals surface area contributed by atoms with Gasteiger partial charge in [0, 0.05) is 6.42 Å². The van der Waals surface area contributed by atoms with Crippen molar-refractivity contribution >= 4 is 11.6 Å². The number of halogens is 2. The molecule has 3 heteroatoms. The van der Waals surface area contributed by atoms with E-state index in [4.69, 9.17) is 11.6 Å². The van der Waals surface area contributed by atoms with Gasteiger partial charge >= 0.3 is 0 Å². The molecule has 1 aromatic carbocycles. The van der Waals surface area contributed by atoms with Gasteiger partial charge in [-0.2, -0.15) is 0 Å². The van der Waals surface area contributed by atoms with E-state index in [1.807, 2.05) is 0 Å². The summed E-state index contributed by atoms with van der Waals surface area (Å²) in [5.41, 5.74) is 0.707. The second kappa shape index (κ2) is 5.36. The molecule has 0 aliphatic heterocycles. The van der Waals surface area contributed by atoms with Crippen molar-refractivity contribution in [1.29, 1.82) is 0 Å². The molecule has 1 aliphatic rings. The Labute approximate surface area is 107 Å². The number of rotatable bonds is 3. The van der Waals surface area contributed by atoms with Gasteiger partial charge in [-0.1, -0.05) is 37.1 Å². The monoisotopic (exact) mass is 256 g/mol. The summed E-state index contributed by atoms with van der Waals surface area (Å²) in [6, 6.07) is 4.77. The number of benzene rings is 1. The van der Waals surface area contributed by atoms with E-state index in [0.717, 1.165) is 12.8 Å². The van der Waals surface area contributed by atoms with Crippen LogP contribution in [0.2, 0.25) is 5.02 Å².